The lowest BCUT2D eigenvalue weighted by Crippen LogP contribution is -2.03. The fourth-order valence-corrected chi connectivity index (χ4v) is 1.26. The van der Waals surface area contributed by atoms with E-state index in [9.17, 15) is 9.59 Å². The summed E-state index contributed by atoms with van der Waals surface area (Å²) < 4.78 is 0. The van der Waals surface area contributed by atoms with Crippen molar-refractivity contribution in [2.45, 2.75) is 0 Å². The quantitative estimate of drug-likeness (QED) is 0.615. The van der Waals surface area contributed by atoms with E-state index in [0.717, 1.165) is 6.29 Å². The van der Waals surface area contributed by atoms with Gasteiger partial charge in [-0.3, -0.25) is 4.79 Å². The first-order valence-electron chi connectivity index (χ1n) is 4.71. The fraction of sp³-hybridized carbons (Fsp3) is 0.167. The second-order valence-corrected chi connectivity index (χ2v) is 3.55. The van der Waals surface area contributed by atoms with Crippen LogP contribution in [0.3, 0.4) is 0 Å². The Hall–Kier alpha value is -2.10. The van der Waals surface area contributed by atoms with Crippen molar-refractivity contribution in [3.8, 4) is 0 Å². The Morgan fingerprint density at radius 1 is 1.19 bits per heavy atom. The van der Waals surface area contributed by atoms with Crippen LogP contribution < -0.4 is 0 Å². The molecule has 16 heavy (non-hydrogen) atoms. The summed E-state index contributed by atoms with van der Waals surface area (Å²) in [5.41, 5.74) is 1.43. The van der Waals surface area contributed by atoms with Gasteiger partial charge < -0.3 is 10.0 Å². The topological polar surface area (TPSA) is 57.6 Å². The van der Waals surface area contributed by atoms with Crippen molar-refractivity contribution >= 4 is 17.8 Å². The molecule has 0 fully saturated rings. The number of carboxylic acids is 1. The molecule has 0 saturated carbocycles. The van der Waals surface area contributed by atoms with Gasteiger partial charge in [0.1, 0.15) is 0 Å². The molecule has 0 amide bonds. The molecular weight excluding hydrogens is 206 g/mol. The smallest absolute Gasteiger partial charge is 0.335 e. The van der Waals surface area contributed by atoms with Crippen LogP contribution in [0.5, 0.6) is 0 Å². The fourth-order valence-electron chi connectivity index (χ4n) is 1.26. The van der Waals surface area contributed by atoms with Crippen LogP contribution in [0.1, 0.15) is 15.9 Å². The number of rotatable bonds is 4. The van der Waals surface area contributed by atoms with Gasteiger partial charge in [-0.1, -0.05) is 12.1 Å². The van der Waals surface area contributed by atoms with Crippen molar-refractivity contribution in [2.24, 2.45) is 0 Å². The van der Waals surface area contributed by atoms with Crippen LogP contribution in [0.4, 0.5) is 0 Å². The number of allylic oxidation sites excluding steroid dienone is 1. The molecule has 1 N–H and O–H groups in total. The highest BCUT2D eigenvalue weighted by Crippen LogP contribution is 2.13. The molecule has 0 atom stereocenters. The van der Waals surface area contributed by atoms with Crippen molar-refractivity contribution in [3.05, 3.63) is 41.6 Å². The zero-order valence-electron chi connectivity index (χ0n) is 9.18. The minimum Gasteiger partial charge on any atom is -0.478 e. The first-order valence-corrected chi connectivity index (χ1v) is 4.71. The third kappa shape index (κ3) is 2.95. The van der Waals surface area contributed by atoms with Gasteiger partial charge in [0, 0.05) is 25.9 Å². The molecule has 0 heterocycles. The first kappa shape index (κ1) is 12.0. The minimum absolute atomic E-state index is 0.207. The molecule has 0 aromatic heterocycles. The van der Waals surface area contributed by atoms with E-state index >= 15 is 0 Å². The summed E-state index contributed by atoms with van der Waals surface area (Å²) in [6.07, 6.45) is 2.43. The maximum absolute atomic E-state index is 10.8. The van der Waals surface area contributed by atoms with Gasteiger partial charge in [0.15, 0.2) is 6.29 Å². The third-order valence-electron chi connectivity index (χ3n) is 1.99. The summed E-state index contributed by atoms with van der Waals surface area (Å²) in [4.78, 5) is 23.2. The highest BCUT2D eigenvalue weighted by atomic mass is 16.4. The molecule has 4 nitrogen and oxygen atoms in total. The van der Waals surface area contributed by atoms with E-state index in [0.29, 0.717) is 11.1 Å². The number of carboxylic acid groups (broad SMARTS) is 1. The van der Waals surface area contributed by atoms with Gasteiger partial charge in [0.05, 0.1) is 5.56 Å². The lowest BCUT2D eigenvalue weighted by Gasteiger charge is -2.07. The Bertz CT molecular complexity index is 418. The number of nitrogens with zero attached hydrogens (tertiary/aromatic N) is 1. The molecule has 84 valence electrons. The van der Waals surface area contributed by atoms with Crippen molar-refractivity contribution < 1.29 is 14.7 Å². The van der Waals surface area contributed by atoms with E-state index in [1.807, 2.05) is 14.1 Å². The van der Waals surface area contributed by atoms with Crippen LogP contribution in [0.15, 0.2) is 30.5 Å². The summed E-state index contributed by atoms with van der Waals surface area (Å²) in [5, 5.41) is 8.72. The Labute approximate surface area is 93.8 Å². The lowest BCUT2D eigenvalue weighted by atomic mass is 10.1. The molecule has 0 bridgehead atoms. The van der Waals surface area contributed by atoms with Gasteiger partial charge in [-0.2, -0.15) is 0 Å². The van der Waals surface area contributed by atoms with E-state index in [-0.39, 0.29) is 5.56 Å². The summed E-state index contributed by atoms with van der Waals surface area (Å²) in [7, 11) is 3.63. The van der Waals surface area contributed by atoms with Crippen LogP contribution in [0.2, 0.25) is 0 Å². The van der Waals surface area contributed by atoms with Crippen LogP contribution in [0, 0.1) is 0 Å². The summed E-state index contributed by atoms with van der Waals surface area (Å²) in [5.74, 6) is -0.976. The average Bonchev–Trinajstić information content (AvgIpc) is 2.25. The van der Waals surface area contributed by atoms with Crippen LogP contribution in [0.25, 0.3) is 5.57 Å². The van der Waals surface area contributed by atoms with Crippen LogP contribution in [-0.4, -0.2) is 36.4 Å². The van der Waals surface area contributed by atoms with Crippen LogP contribution in [-0.2, 0) is 4.79 Å². The Kier molecular flexibility index (Phi) is 3.83. The number of carbonyl (C=O) groups is 2. The molecule has 0 spiro atoms. The van der Waals surface area contributed by atoms with E-state index in [4.69, 9.17) is 5.11 Å². The second-order valence-electron chi connectivity index (χ2n) is 3.55. The molecule has 0 aliphatic carbocycles. The first-order chi connectivity index (χ1) is 7.54. The normalized spacial score (nSPS) is 11.0. The molecule has 1 rings (SSSR count). The summed E-state index contributed by atoms with van der Waals surface area (Å²) in [6.45, 7) is 0. The standard InChI is InChI=1S/C12H13NO3/c1-13(2)7-11(8-14)9-3-5-10(6-4-9)12(15)16/h3-8H,1-2H3,(H,15,16). The Balaban J connectivity index is 3.04. The molecule has 0 radical (unpaired) electrons. The number of hydrogen-bond donors (Lipinski definition) is 1. The minimum atomic E-state index is -0.976. The van der Waals surface area contributed by atoms with Gasteiger partial charge in [-0.15, -0.1) is 0 Å². The number of aromatic carboxylic acids is 1. The zero-order valence-corrected chi connectivity index (χ0v) is 9.18. The third-order valence-corrected chi connectivity index (χ3v) is 1.99. The molecule has 1 aromatic carbocycles. The van der Waals surface area contributed by atoms with E-state index < -0.39 is 5.97 Å². The highest BCUT2D eigenvalue weighted by molar-refractivity contribution is 6.06. The molecule has 0 saturated heterocycles. The maximum Gasteiger partial charge on any atom is 0.335 e. The van der Waals surface area contributed by atoms with Crippen molar-refractivity contribution in [2.75, 3.05) is 14.1 Å². The van der Waals surface area contributed by atoms with Gasteiger partial charge in [0.25, 0.3) is 0 Å². The van der Waals surface area contributed by atoms with Crippen LogP contribution >= 0.6 is 0 Å². The highest BCUT2D eigenvalue weighted by Gasteiger charge is 2.04. The molecule has 0 aliphatic heterocycles. The van der Waals surface area contributed by atoms with Gasteiger partial charge >= 0.3 is 5.97 Å². The summed E-state index contributed by atoms with van der Waals surface area (Å²) in [6, 6.07) is 6.19. The monoisotopic (exact) mass is 219 g/mol. The largest absolute Gasteiger partial charge is 0.478 e. The molecule has 0 aliphatic rings. The Morgan fingerprint density at radius 2 is 1.69 bits per heavy atom. The van der Waals surface area contributed by atoms with E-state index in [2.05, 4.69) is 0 Å². The maximum atomic E-state index is 10.8. The number of aldehydes is 1. The molecule has 0 unspecified atom stereocenters. The molecular formula is C12H13NO3. The Morgan fingerprint density at radius 3 is 2.06 bits per heavy atom. The van der Waals surface area contributed by atoms with Crippen molar-refractivity contribution in [1.29, 1.82) is 0 Å². The number of carbonyl (C=O) groups excluding carboxylic acids is 1. The van der Waals surface area contributed by atoms with Crippen molar-refractivity contribution in [3.63, 3.8) is 0 Å². The van der Waals surface area contributed by atoms with Gasteiger partial charge in [-0.25, -0.2) is 4.79 Å². The summed E-state index contributed by atoms with van der Waals surface area (Å²) >= 11 is 0. The number of hydrogen-bond acceptors (Lipinski definition) is 3. The van der Waals surface area contributed by atoms with Crippen molar-refractivity contribution in [1.82, 2.24) is 4.90 Å². The molecule has 4 heteroatoms. The second kappa shape index (κ2) is 5.11. The average molecular weight is 219 g/mol. The SMILES string of the molecule is CN(C)C=C(C=O)c1ccc(C(=O)O)cc1. The van der Waals surface area contributed by atoms with Gasteiger partial charge in [0.2, 0.25) is 0 Å². The van der Waals surface area contributed by atoms with E-state index in [1.54, 1.807) is 23.2 Å². The van der Waals surface area contributed by atoms with Gasteiger partial charge in [-0.05, 0) is 17.7 Å². The predicted molar refractivity (Wildman–Crippen MR) is 61.1 cm³/mol. The lowest BCUT2D eigenvalue weighted by molar-refractivity contribution is -0.103. The number of benzene rings is 1. The molecule has 1 aromatic rings. The zero-order chi connectivity index (χ0) is 12.1. The predicted octanol–water partition coefficient (Wildman–Crippen LogP) is 1.49. The van der Waals surface area contributed by atoms with E-state index in [1.165, 1.54) is 12.1 Å².